The molecular formula is C23H19N3O6. The van der Waals surface area contributed by atoms with Gasteiger partial charge in [-0.15, -0.1) is 0 Å². The third-order valence-corrected chi connectivity index (χ3v) is 4.70. The largest absolute Gasteiger partial charge is 0.497 e. The summed E-state index contributed by atoms with van der Waals surface area (Å²) >= 11 is 0. The predicted molar refractivity (Wildman–Crippen MR) is 118 cm³/mol. The summed E-state index contributed by atoms with van der Waals surface area (Å²) in [6.07, 6.45) is 0. The van der Waals surface area contributed by atoms with Crippen molar-refractivity contribution in [3.8, 4) is 23.0 Å². The van der Waals surface area contributed by atoms with Gasteiger partial charge in [-0.2, -0.15) is 0 Å². The smallest absolute Gasteiger partial charge is 0.311 e. The fraction of sp³-hybridized carbons (Fsp3) is 0.130. The molecule has 1 amide bonds. The van der Waals surface area contributed by atoms with Gasteiger partial charge in [0.2, 0.25) is 5.89 Å². The Hall–Kier alpha value is -4.40. The van der Waals surface area contributed by atoms with Crippen LogP contribution in [0.25, 0.3) is 22.6 Å². The molecule has 9 heteroatoms. The highest BCUT2D eigenvalue weighted by molar-refractivity contribution is 6.05. The summed E-state index contributed by atoms with van der Waals surface area (Å²) in [4.78, 5) is 27.7. The number of nitrogens with one attached hydrogen (secondary N) is 1. The lowest BCUT2D eigenvalue weighted by Gasteiger charge is -2.08. The summed E-state index contributed by atoms with van der Waals surface area (Å²) in [5.74, 6) is 0.769. The fourth-order valence-electron chi connectivity index (χ4n) is 3.14. The molecule has 0 aliphatic carbocycles. The molecule has 9 nitrogen and oxygen atoms in total. The summed E-state index contributed by atoms with van der Waals surface area (Å²) in [6, 6.07) is 16.4. The monoisotopic (exact) mass is 433 g/mol. The van der Waals surface area contributed by atoms with Gasteiger partial charge in [0, 0.05) is 28.9 Å². The van der Waals surface area contributed by atoms with Crippen LogP contribution in [0.15, 0.2) is 65.1 Å². The molecule has 4 rings (SSSR count). The number of carbonyl (C=O) groups excluding carboxylic acids is 1. The number of hydrogen-bond acceptors (Lipinski definition) is 7. The zero-order chi connectivity index (χ0) is 22.7. The average Bonchev–Trinajstić information content (AvgIpc) is 3.23. The number of amides is 1. The Balaban J connectivity index is 1.52. The number of benzene rings is 3. The third-order valence-electron chi connectivity index (χ3n) is 4.70. The molecule has 1 N–H and O–H groups in total. The molecule has 0 atom stereocenters. The highest BCUT2D eigenvalue weighted by atomic mass is 16.6. The number of fused-ring (bicyclic) bond motifs is 1. The van der Waals surface area contributed by atoms with Gasteiger partial charge in [-0.05, 0) is 55.5 Å². The van der Waals surface area contributed by atoms with Gasteiger partial charge in [-0.3, -0.25) is 14.9 Å². The number of anilines is 1. The number of nitro groups is 1. The number of methoxy groups -OCH3 is 1. The first-order valence-corrected chi connectivity index (χ1v) is 9.76. The van der Waals surface area contributed by atoms with Crippen LogP contribution >= 0.6 is 0 Å². The van der Waals surface area contributed by atoms with Crippen molar-refractivity contribution in [3.63, 3.8) is 0 Å². The van der Waals surface area contributed by atoms with E-state index in [1.807, 2.05) is 0 Å². The van der Waals surface area contributed by atoms with Crippen molar-refractivity contribution < 1.29 is 23.6 Å². The maximum Gasteiger partial charge on any atom is 0.311 e. The molecule has 4 aromatic rings. The number of nitrogens with zero attached hydrogens (tertiary/aromatic N) is 2. The summed E-state index contributed by atoms with van der Waals surface area (Å²) < 4.78 is 16.2. The van der Waals surface area contributed by atoms with E-state index in [-0.39, 0.29) is 23.6 Å². The zero-order valence-electron chi connectivity index (χ0n) is 17.3. The Labute approximate surface area is 182 Å². The molecule has 1 heterocycles. The minimum Gasteiger partial charge on any atom is -0.497 e. The van der Waals surface area contributed by atoms with Crippen molar-refractivity contribution >= 4 is 28.4 Å². The van der Waals surface area contributed by atoms with Crippen molar-refractivity contribution in [1.82, 2.24) is 4.98 Å². The maximum absolute atomic E-state index is 12.6. The molecule has 162 valence electrons. The molecule has 0 radical (unpaired) electrons. The number of hydrogen-bond donors (Lipinski definition) is 1. The van der Waals surface area contributed by atoms with Crippen LogP contribution in [-0.2, 0) is 0 Å². The molecule has 0 spiro atoms. The van der Waals surface area contributed by atoms with Gasteiger partial charge < -0.3 is 19.2 Å². The quantitative estimate of drug-likeness (QED) is 0.320. The number of ether oxygens (including phenoxy) is 2. The summed E-state index contributed by atoms with van der Waals surface area (Å²) in [5.41, 5.74) is 2.45. The van der Waals surface area contributed by atoms with Crippen LogP contribution in [0.4, 0.5) is 11.4 Å². The van der Waals surface area contributed by atoms with Gasteiger partial charge in [0.1, 0.15) is 11.3 Å². The van der Waals surface area contributed by atoms with Crippen LogP contribution in [-0.4, -0.2) is 29.5 Å². The van der Waals surface area contributed by atoms with Crippen LogP contribution < -0.4 is 14.8 Å². The van der Waals surface area contributed by atoms with E-state index in [1.165, 1.54) is 18.2 Å². The number of rotatable bonds is 7. The van der Waals surface area contributed by atoms with E-state index in [2.05, 4.69) is 10.3 Å². The maximum atomic E-state index is 12.6. The summed E-state index contributed by atoms with van der Waals surface area (Å²) in [5, 5.41) is 14.0. The molecular weight excluding hydrogens is 414 g/mol. The highest BCUT2D eigenvalue weighted by Gasteiger charge is 2.19. The molecule has 0 saturated carbocycles. The minimum atomic E-state index is -0.577. The van der Waals surface area contributed by atoms with Crippen molar-refractivity contribution in [3.05, 3.63) is 76.3 Å². The van der Waals surface area contributed by atoms with Gasteiger partial charge in [0.15, 0.2) is 11.3 Å². The topological polar surface area (TPSA) is 117 Å². The second-order valence-corrected chi connectivity index (χ2v) is 6.76. The van der Waals surface area contributed by atoms with Crippen LogP contribution in [0, 0.1) is 10.1 Å². The van der Waals surface area contributed by atoms with Gasteiger partial charge >= 0.3 is 5.69 Å². The molecule has 0 fully saturated rings. The Morgan fingerprint density at radius 2 is 1.91 bits per heavy atom. The summed E-state index contributed by atoms with van der Waals surface area (Å²) in [7, 11) is 1.58. The fourth-order valence-corrected chi connectivity index (χ4v) is 3.14. The molecule has 0 unspecified atom stereocenters. The van der Waals surface area contributed by atoms with E-state index in [4.69, 9.17) is 13.9 Å². The van der Waals surface area contributed by atoms with E-state index in [0.717, 1.165) is 5.56 Å². The second-order valence-electron chi connectivity index (χ2n) is 6.76. The Kier molecular flexibility index (Phi) is 5.71. The zero-order valence-corrected chi connectivity index (χ0v) is 17.3. The van der Waals surface area contributed by atoms with Gasteiger partial charge in [0.25, 0.3) is 5.91 Å². The van der Waals surface area contributed by atoms with Crippen molar-refractivity contribution in [1.29, 1.82) is 0 Å². The number of oxazole rings is 1. The van der Waals surface area contributed by atoms with Crippen molar-refractivity contribution in [2.75, 3.05) is 19.0 Å². The van der Waals surface area contributed by atoms with E-state index < -0.39 is 10.8 Å². The Bertz CT molecular complexity index is 1300. The first-order valence-electron chi connectivity index (χ1n) is 9.76. The normalized spacial score (nSPS) is 10.7. The molecule has 0 bridgehead atoms. The molecule has 3 aromatic carbocycles. The lowest BCUT2D eigenvalue weighted by molar-refractivity contribution is -0.385. The van der Waals surface area contributed by atoms with Crippen LogP contribution in [0.2, 0.25) is 0 Å². The van der Waals surface area contributed by atoms with Crippen molar-refractivity contribution in [2.24, 2.45) is 0 Å². The average molecular weight is 433 g/mol. The molecule has 0 saturated heterocycles. The van der Waals surface area contributed by atoms with Gasteiger partial charge in [-0.1, -0.05) is 0 Å². The number of nitro benzene ring substituents is 1. The number of aromatic nitrogens is 1. The third kappa shape index (κ3) is 4.22. The standard InChI is InChI=1S/C23H19N3O6/c1-3-31-21-10-6-15(12-19(21)26(28)29)22(27)24-16-7-4-14(5-8-16)23-25-18-13-17(30-2)9-11-20(18)32-23/h4-13H,3H2,1-2H3,(H,24,27). The molecule has 1 aromatic heterocycles. The molecule has 0 aliphatic heterocycles. The van der Waals surface area contributed by atoms with Crippen molar-refractivity contribution in [2.45, 2.75) is 6.92 Å². The first kappa shape index (κ1) is 20.9. The molecule has 0 aliphatic rings. The Morgan fingerprint density at radius 1 is 1.12 bits per heavy atom. The van der Waals surface area contributed by atoms with E-state index in [9.17, 15) is 14.9 Å². The predicted octanol–water partition coefficient (Wildman–Crippen LogP) is 5.06. The summed E-state index contributed by atoms with van der Waals surface area (Å²) in [6.45, 7) is 2.01. The van der Waals surface area contributed by atoms with Crippen LogP contribution in [0.5, 0.6) is 11.5 Å². The second kappa shape index (κ2) is 8.76. The van der Waals surface area contributed by atoms with Gasteiger partial charge in [-0.25, -0.2) is 4.98 Å². The first-order chi connectivity index (χ1) is 15.5. The Morgan fingerprint density at radius 3 is 2.59 bits per heavy atom. The van der Waals surface area contributed by atoms with Crippen LogP contribution in [0.3, 0.4) is 0 Å². The van der Waals surface area contributed by atoms with Gasteiger partial charge in [0.05, 0.1) is 18.6 Å². The highest BCUT2D eigenvalue weighted by Crippen LogP contribution is 2.29. The lowest BCUT2D eigenvalue weighted by Crippen LogP contribution is -2.12. The van der Waals surface area contributed by atoms with E-state index >= 15 is 0 Å². The lowest BCUT2D eigenvalue weighted by atomic mass is 10.1. The molecule has 32 heavy (non-hydrogen) atoms. The SMILES string of the molecule is CCOc1ccc(C(=O)Nc2ccc(-c3nc4cc(OC)ccc4o3)cc2)cc1[N+](=O)[O-]. The van der Waals surface area contributed by atoms with E-state index in [1.54, 1.807) is 56.5 Å². The van der Waals surface area contributed by atoms with E-state index in [0.29, 0.717) is 28.4 Å². The minimum absolute atomic E-state index is 0.120. The number of carbonyl (C=O) groups is 1. The van der Waals surface area contributed by atoms with Crippen LogP contribution in [0.1, 0.15) is 17.3 Å².